The largest absolute Gasteiger partial charge is 0.469 e. The summed E-state index contributed by atoms with van der Waals surface area (Å²) in [5.41, 5.74) is 0.969. The van der Waals surface area contributed by atoms with Crippen LogP contribution >= 0.6 is 11.8 Å². The van der Waals surface area contributed by atoms with Crippen LogP contribution in [0.5, 0.6) is 0 Å². The number of ether oxygens (including phenoxy) is 1. The zero-order valence-electron chi connectivity index (χ0n) is 10.9. The van der Waals surface area contributed by atoms with Crippen LogP contribution < -0.4 is 0 Å². The van der Waals surface area contributed by atoms with Gasteiger partial charge < -0.3 is 9.30 Å². The summed E-state index contributed by atoms with van der Waals surface area (Å²) in [5, 5.41) is 0.893. The first-order valence-electron chi connectivity index (χ1n) is 5.95. The highest BCUT2D eigenvalue weighted by Gasteiger charge is 2.22. The normalized spacial score (nSPS) is 12.1. The first-order valence-corrected chi connectivity index (χ1v) is 6.94. The second kappa shape index (κ2) is 6.43. The second-order valence-electron chi connectivity index (χ2n) is 4.12. The molecule has 0 aliphatic carbocycles. The van der Waals surface area contributed by atoms with Crippen molar-refractivity contribution < 1.29 is 9.53 Å². The van der Waals surface area contributed by atoms with Gasteiger partial charge in [-0.05, 0) is 5.56 Å². The molecule has 19 heavy (non-hydrogen) atoms. The number of thioether (sulfide) groups is 1. The van der Waals surface area contributed by atoms with Gasteiger partial charge in [-0.2, -0.15) is 0 Å². The van der Waals surface area contributed by atoms with E-state index in [1.54, 1.807) is 18.0 Å². The summed E-state index contributed by atoms with van der Waals surface area (Å²) in [6.07, 6.45) is 3.63. The van der Waals surface area contributed by atoms with Crippen LogP contribution in [0.4, 0.5) is 0 Å². The average molecular weight is 276 g/mol. The molecule has 0 N–H and O–H groups in total. The van der Waals surface area contributed by atoms with Crippen molar-refractivity contribution in [2.45, 2.75) is 11.1 Å². The van der Waals surface area contributed by atoms with Gasteiger partial charge in [0.15, 0.2) is 5.16 Å². The fraction of sp³-hybridized carbons (Fsp3) is 0.286. The Balaban J connectivity index is 2.11. The number of esters is 1. The molecule has 0 spiro atoms. The Morgan fingerprint density at radius 1 is 1.42 bits per heavy atom. The molecule has 0 saturated carbocycles. The number of hydrogen-bond acceptors (Lipinski definition) is 4. The monoisotopic (exact) mass is 276 g/mol. The fourth-order valence-electron chi connectivity index (χ4n) is 1.78. The third kappa shape index (κ3) is 3.38. The molecule has 5 heteroatoms. The Kier molecular flexibility index (Phi) is 4.63. The maximum Gasteiger partial charge on any atom is 0.313 e. The van der Waals surface area contributed by atoms with Crippen molar-refractivity contribution in [3.8, 4) is 0 Å². The van der Waals surface area contributed by atoms with E-state index in [1.165, 1.54) is 7.11 Å². The van der Waals surface area contributed by atoms with Crippen LogP contribution in [-0.4, -0.2) is 28.4 Å². The summed E-state index contributed by atoms with van der Waals surface area (Å²) in [5.74, 6) is 0.127. The molecule has 1 heterocycles. The number of methoxy groups -OCH3 is 1. The molecule has 4 nitrogen and oxygen atoms in total. The predicted octanol–water partition coefficient (Wildman–Crippen LogP) is 2.47. The van der Waals surface area contributed by atoms with Gasteiger partial charge in [0.25, 0.3) is 0 Å². The Bertz CT molecular complexity index is 539. The number of rotatable bonds is 5. The van der Waals surface area contributed by atoms with Gasteiger partial charge in [-0.25, -0.2) is 4.98 Å². The summed E-state index contributed by atoms with van der Waals surface area (Å²) in [4.78, 5) is 16.1. The molecule has 1 unspecified atom stereocenters. The molecule has 2 rings (SSSR count). The summed E-state index contributed by atoms with van der Waals surface area (Å²) in [6.45, 7) is 0. The Labute approximate surface area is 116 Å². The van der Waals surface area contributed by atoms with Crippen LogP contribution in [0.3, 0.4) is 0 Å². The van der Waals surface area contributed by atoms with E-state index in [4.69, 9.17) is 4.74 Å². The van der Waals surface area contributed by atoms with Crippen LogP contribution in [0.1, 0.15) is 11.5 Å². The lowest BCUT2D eigenvalue weighted by Crippen LogP contribution is -2.16. The molecule has 1 aromatic carbocycles. The molecule has 0 aliphatic heterocycles. The van der Waals surface area contributed by atoms with Crippen molar-refractivity contribution in [2.75, 3.05) is 12.9 Å². The van der Waals surface area contributed by atoms with E-state index in [1.807, 2.05) is 48.1 Å². The highest BCUT2D eigenvalue weighted by molar-refractivity contribution is 7.99. The lowest BCUT2D eigenvalue weighted by Gasteiger charge is -2.14. The van der Waals surface area contributed by atoms with Crippen molar-refractivity contribution in [1.29, 1.82) is 0 Å². The van der Waals surface area contributed by atoms with Crippen molar-refractivity contribution >= 4 is 17.7 Å². The molecule has 2 aromatic rings. The molecule has 0 radical (unpaired) electrons. The maximum atomic E-state index is 11.9. The Morgan fingerprint density at radius 2 is 2.16 bits per heavy atom. The summed E-state index contributed by atoms with van der Waals surface area (Å²) >= 11 is 1.55. The Hall–Kier alpha value is -1.75. The number of nitrogens with zero attached hydrogens (tertiary/aromatic N) is 2. The smallest absolute Gasteiger partial charge is 0.313 e. The number of carbonyl (C=O) groups is 1. The van der Waals surface area contributed by atoms with E-state index in [-0.39, 0.29) is 11.9 Å². The maximum absolute atomic E-state index is 11.9. The van der Waals surface area contributed by atoms with Gasteiger partial charge in [-0.15, -0.1) is 0 Å². The standard InChI is InChI=1S/C14H16N2O2S/c1-16-9-8-15-14(16)19-10-12(13(17)18-2)11-6-4-3-5-7-11/h3-9,12H,10H2,1-2H3. The van der Waals surface area contributed by atoms with Crippen molar-refractivity contribution in [2.24, 2.45) is 7.05 Å². The van der Waals surface area contributed by atoms with Crippen LogP contribution in [0, 0.1) is 0 Å². The number of imidazole rings is 1. The van der Waals surface area contributed by atoms with Crippen LogP contribution in [0.2, 0.25) is 0 Å². The zero-order chi connectivity index (χ0) is 13.7. The molecule has 100 valence electrons. The molecule has 1 aromatic heterocycles. The second-order valence-corrected chi connectivity index (χ2v) is 5.11. The summed E-state index contributed by atoms with van der Waals surface area (Å²) in [6, 6.07) is 9.68. The molecule has 0 bridgehead atoms. The number of hydrogen-bond donors (Lipinski definition) is 0. The van der Waals surface area contributed by atoms with Crippen molar-refractivity contribution in [3.63, 3.8) is 0 Å². The SMILES string of the molecule is COC(=O)C(CSc1nccn1C)c1ccccc1. The van der Waals surface area contributed by atoms with Crippen molar-refractivity contribution in [3.05, 3.63) is 48.3 Å². The molecule has 0 amide bonds. The van der Waals surface area contributed by atoms with Gasteiger partial charge in [-0.3, -0.25) is 4.79 Å². The third-order valence-electron chi connectivity index (χ3n) is 2.84. The van der Waals surface area contributed by atoms with E-state index in [0.717, 1.165) is 10.7 Å². The van der Waals surface area contributed by atoms with Crippen LogP contribution in [0.25, 0.3) is 0 Å². The van der Waals surface area contributed by atoms with Crippen molar-refractivity contribution in [1.82, 2.24) is 9.55 Å². The predicted molar refractivity (Wildman–Crippen MR) is 75.1 cm³/mol. The average Bonchev–Trinajstić information content (AvgIpc) is 2.85. The fourth-order valence-corrected chi connectivity index (χ4v) is 2.82. The topological polar surface area (TPSA) is 44.1 Å². The highest BCUT2D eigenvalue weighted by atomic mass is 32.2. The number of carbonyl (C=O) groups excluding carboxylic acids is 1. The Morgan fingerprint density at radius 3 is 2.74 bits per heavy atom. The lowest BCUT2D eigenvalue weighted by molar-refractivity contribution is -0.141. The molecular weight excluding hydrogens is 260 g/mol. The minimum atomic E-state index is -0.270. The minimum absolute atomic E-state index is 0.215. The number of benzene rings is 1. The molecule has 0 fully saturated rings. The van der Waals surface area contributed by atoms with E-state index in [9.17, 15) is 4.79 Å². The minimum Gasteiger partial charge on any atom is -0.469 e. The van der Waals surface area contributed by atoms with Gasteiger partial charge in [0.05, 0.1) is 13.0 Å². The van der Waals surface area contributed by atoms with E-state index in [0.29, 0.717) is 5.75 Å². The van der Waals surface area contributed by atoms with Gasteiger partial charge in [-0.1, -0.05) is 42.1 Å². The third-order valence-corrected chi connectivity index (χ3v) is 4.00. The molecule has 0 aliphatic rings. The summed E-state index contributed by atoms with van der Waals surface area (Å²) in [7, 11) is 3.36. The first-order chi connectivity index (χ1) is 9.22. The zero-order valence-corrected chi connectivity index (χ0v) is 11.8. The quantitative estimate of drug-likeness (QED) is 0.621. The lowest BCUT2D eigenvalue weighted by atomic mass is 10.0. The van der Waals surface area contributed by atoms with Gasteiger partial charge >= 0.3 is 5.97 Å². The molecule has 0 saturated heterocycles. The molecular formula is C14H16N2O2S. The van der Waals surface area contributed by atoms with Crippen LogP contribution in [-0.2, 0) is 16.6 Å². The number of aryl methyl sites for hydroxylation is 1. The number of aromatic nitrogens is 2. The highest BCUT2D eigenvalue weighted by Crippen LogP contribution is 2.26. The van der Waals surface area contributed by atoms with Gasteiger partial charge in [0, 0.05) is 25.2 Å². The van der Waals surface area contributed by atoms with Gasteiger partial charge in [0.2, 0.25) is 0 Å². The van der Waals surface area contributed by atoms with E-state index in [2.05, 4.69) is 4.98 Å². The summed E-state index contributed by atoms with van der Waals surface area (Å²) < 4.78 is 6.82. The molecule has 1 atom stereocenters. The van der Waals surface area contributed by atoms with E-state index < -0.39 is 0 Å². The van der Waals surface area contributed by atoms with Gasteiger partial charge in [0.1, 0.15) is 0 Å². The van der Waals surface area contributed by atoms with E-state index >= 15 is 0 Å². The first kappa shape index (κ1) is 13.7. The van der Waals surface area contributed by atoms with Crippen LogP contribution in [0.15, 0.2) is 47.9 Å².